The maximum atomic E-state index is 10.1. The minimum absolute atomic E-state index is 0.0258. The van der Waals surface area contributed by atoms with Crippen LogP contribution in [0.25, 0.3) is 0 Å². The largest absolute Gasteiger partial charge is 0.481 e. The summed E-state index contributed by atoms with van der Waals surface area (Å²) >= 11 is 0. The third-order valence-corrected chi connectivity index (χ3v) is 3.70. The molecular weight excluding hydrogens is 432 g/mol. The molecule has 0 aromatic carbocycles. The van der Waals surface area contributed by atoms with Crippen molar-refractivity contribution in [2.75, 3.05) is 6.61 Å². The van der Waals surface area contributed by atoms with Crippen molar-refractivity contribution in [3.63, 3.8) is 0 Å². The Bertz CT molecular complexity index is 503. The molecule has 0 radical (unpaired) electrons. The Morgan fingerprint density at radius 3 is 1.50 bits per heavy atom. The fourth-order valence-electron chi connectivity index (χ4n) is 2.00. The van der Waals surface area contributed by atoms with E-state index in [2.05, 4.69) is 11.3 Å². The van der Waals surface area contributed by atoms with Crippen LogP contribution < -0.4 is 0 Å². The van der Waals surface area contributed by atoms with E-state index in [1.807, 2.05) is 0 Å². The van der Waals surface area contributed by atoms with Crippen LogP contribution in [0.5, 0.6) is 0 Å². The second kappa shape index (κ2) is 23.3. The Morgan fingerprint density at radius 1 is 0.844 bits per heavy atom. The lowest BCUT2D eigenvalue weighted by Crippen LogP contribution is -2.46. The number of unbranched alkanes of at least 4 members (excludes halogenated alkanes) is 5. The van der Waals surface area contributed by atoms with Crippen LogP contribution in [0.2, 0.25) is 0 Å². The zero-order chi connectivity index (χ0) is 25.5. The lowest BCUT2D eigenvalue weighted by Gasteiger charge is -2.22. The van der Waals surface area contributed by atoms with E-state index in [4.69, 9.17) is 35.7 Å². The highest BCUT2D eigenvalue weighted by atomic mass is 16.5. The average Bonchev–Trinajstić information content (AvgIpc) is 2.73. The van der Waals surface area contributed by atoms with E-state index in [0.29, 0.717) is 0 Å². The number of hydrogen-bond acceptors (Lipinski definition) is 10. The van der Waals surface area contributed by atoms with Gasteiger partial charge in [0, 0.05) is 19.8 Å². The molecule has 32 heavy (non-hydrogen) atoms. The summed E-state index contributed by atoms with van der Waals surface area (Å²) < 4.78 is 4.17. The van der Waals surface area contributed by atoms with Crippen LogP contribution in [0.4, 0.5) is 0 Å². The van der Waals surface area contributed by atoms with Crippen LogP contribution in [-0.4, -0.2) is 91.0 Å². The van der Waals surface area contributed by atoms with Gasteiger partial charge >= 0.3 is 17.9 Å². The molecule has 0 saturated carbocycles. The van der Waals surface area contributed by atoms with Crippen molar-refractivity contribution in [3.05, 3.63) is 12.8 Å². The van der Waals surface area contributed by atoms with Gasteiger partial charge in [-0.25, -0.2) is 0 Å². The monoisotopic (exact) mass is 468 g/mol. The normalized spacial score (nSPS) is 13.6. The van der Waals surface area contributed by atoms with Gasteiger partial charge in [-0.05, 0) is 12.8 Å². The number of carboxylic acid groups (broad SMARTS) is 2. The average molecular weight is 468 g/mol. The van der Waals surface area contributed by atoms with Gasteiger partial charge < -0.3 is 45.3 Å². The van der Waals surface area contributed by atoms with E-state index in [0.717, 1.165) is 44.8 Å². The number of rotatable bonds is 15. The molecule has 0 saturated heterocycles. The smallest absolute Gasteiger partial charge is 0.307 e. The standard InChI is InChI=1S/C10H18O4.C6H12O6.C4H6O2/c11-9(12)7-5-3-1-2-4-6-8-10(13)14;7-1-3(9)5(11)6(12)4(10)2-8;1-3-6-4(2)5/h1-8H2,(H,11,12)(H,13,14);1,3-6,8-12H,2H2;3H,1H2,2H3. The van der Waals surface area contributed by atoms with Gasteiger partial charge in [0.15, 0.2) is 6.29 Å². The highest BCUT2D eigenvalue weighted by molar-refractivity contribution is 5.67. The van der Waals surface area contributed by atoms with Crippen LogP contribution in [-0.2, 0) is 23.9 Å². The summed E-state index contributed by atoms with van der Waals surface area (Å²) in [7, 11) is 0. The van der Waals surface area contributed by atoms with Crippen LogP contribution in [0, 0.1) is 0 Å². The number of esters is 1. The van der Waals surface area contributed by atoms with E-state index in [1.165, 1.54) is 6.92 Å². The van der Waals surface area contributed by atoms with Crippen LogP contribution in [0.3, 0.4) is 0 Å². The van der Waals surface area contributed by atoms with Crippen LogP contribution >= 0.6 is 0 Å². The van der Waals surface area contributed by atoms with E-state index in [1.54, 1.807) is 0 Å². The van der Waals surface area contributed by atoms with E-state index in [-0.39, 0.29) is 25.1 Å². The van der Waals surface area contributed by atoms with Gasteiger partial charge in [0.2, 0.25) is 0 Å². The van der Waals surface area contributed by atoms with Crippen molar-refractivity contribution in [1.82, 2.24) is 0 Å². The second-order valence-corrected chi connectivity index (χ2v) is 6.54. The molecule has 0 fully saturated rings. The molecule has 0 aromatic heterocycles. The molecule has 0 heterocycles. The Hall–Kier alpha value is -2.38. The quantitative estimate of drug-likeness (QED) is 0.0706. The number of aldehydes is 1. The molecular formula is C20H36O12. The second-order valence-electron chi connectivity index (χ2n) is 6.54. The zero-order valence-corrected chi connectivity index (χ0v) is 18.2. The summed E-state index contributed by atoms with van der Waals surface area (Å²) in [5, 5.41) is 60.2. The third kappa shape index (κ3) is 25.7. The molecule has 4 unspecified atom stereocenters. The maximum absolute atomic E-state index is 10.1. The number of carbonyl (C=O) groups is 4. The molecule has 12 nitrogen and oxygen atoms in total. The molecule has 7 N–H and O–H groups in total. The Labute approximate surface area is 186 Å². The minimum Gasteiger partial charge on any atom is -0.481 e. The first kappa shape index (κ1) is 34.2. The molecule has 4 atom stereocenters. The van der Waals surface area contributed by atoms with Crippen molar-refractivity contribution < 1.29 is 59.7 Å². The number of aliphatic carboxylic acids is 2. The first-order valence-electron chi connectivity index (χ1n) is 9.94. The Balaban J connectivity index is -0.000000425. The molecule has 0 aromatic rings. The Morgan fingerprint density at radius 2 is 1.25 bits per heavy atom. The Kier molecular flexibility index (Phi) is 24.9. The van der Waals surface area contributed by atoms with Gasteiger partial charge in [-0.3, -0.25) is 14.4 Å². The molecule has 0 rings (SSSR count). The minimum atomic E-state index is -1.79. The molecule has 0 amide bonds. The van der Waals surface area contributed by atoms with E-state index in [9.17, 15) is 19.2 Å². The number of carbonyl (C=O) groups excluding carboxylic acids is 2. The molecule has 0 spiro atoms. The van der Waals surface area contributed by atoms with Crippen LogP contribution in [0.1, 0.15) is 58.3 Å². The molecule has 0 aliphatic carbocycles. The van der Waals surface area contributed by atoms with Crippen molar-refractivity contribution in [3.8, 4) is 0 Å². The summed E-state index contributed by atoms with van der Waals surface area (Å²) in [6, 6.07) is 0. The summed E-state index contributed by atoms with van der Waals surface area (Å²) in [5.74, 6) is -1.81. The van der Waals surface area contributed by atoms with Gasteiger partial charge in [-0.15, -0.1) is 0 Å². The number of aliphatic hydroxyl groups excluding tert-OH is 5. The van der Waals surface area contributed by atoms with Crippen LogP contribution in [0.15, 0.2) is 12.8 Å². The van der Waals surface area contributed by atoms with Crippen molar-refractivity contribution >= 4 is 24.2 Å². The molecule has 0 aliphatic rings. The molecule has 0 bridgehead atoms. The third-order valence-electron chi connectivity index (χ3n) is 3.70. The summed E-state index contributed by atoms with van der Waals surface area (Å²) in [5.41, 5.74) is 0. The first-order valence-corrected chi connectivity index (χ1v) is 9.94. The van der Waals surface area contributed by atoms with Crippen molar-refractivity contribution in [2.24, 2.45) is 0 Å². The summed E-state index contributed by atoms with van der Waals surface area (Å²) in [6.07, 6.45) is 0.0849. The fourth-order valence-corrected chi connectivity index (χ4v) is 2.00. The number of carboxylic acids is 2. The van der Waals surface area contributed by atoms with Gasteiger partial charge in [0.25, 0.3) is 0 Å². The molecule has 0 aliphatic heterocycles. The lowest BCUT2D eigenvalue weighted by atomic mass is 10.0. The maximum Gasteiger partial charge on any atom is 0.307 e. The van der Waals surface area contributed by atoms with Gasteiger partial charge in [0.05, 0.1) is 12.9 Å². The molecule has 12 heteroatoms. The lowest BCUT2D eigenvalue weighted by molar-refractivity contribution is -0.138. The summed E-state index contributed by atoms with van der Waals surface area (Å²) in [4.78, 5) is 39.9. The number of hydrogen-bond donors (Lipinski definition) is 7. The van der Waals surface area contributed by atoms with Gasteiger partial charge in [-0.2, -0.15) is 0 Å². The van der Waals surface area contributed by atoms with Gasteiger partial charge in [0.1, 0.15) is 24.4 Å². The first-order chi connectivity index (χ1) is 14.9. The number of aliphatic hydroxyl groups is 5. The highest BCUT2D eigenvalue weighted by Gasteiger charge is 2.29. The number of ether oxygens (including phenoxy) is 1. The highest BCUT2D eigenvalue weighted by Crippen LogP contribution is 2.08. The molecule has 188 valence electrons. The predicted molar refractivity (Wildman–Crippen MR) is 111 cm³/mol. The van der Waals surface area contributed by atoms with Crippen molar-refractivity contribution in [2.45, 2.75) is 82.7 Å². The van der Waals surface area contributed by atoms with E-state index >= 15 is 0 Å². The topological polar surface area (TPSA) is 219 Å². The fraction of sp³-hybridized carbons (Fsp3) is 0.700. The predicted octanol–water partition coefficient (Wildman–Crippen LogP) is -0.409. The zero-order valence-electron chi connectivity index (χ0n) is 18.2. The van der Waals surface area contributed by atoms with E-state index < -0.39 is 43.0 Å². The van der Waals surface area contributed by atoms with Gasteiger partial charge in [-0.1, -0.05) is 32.3 Å². The summed E-state index contributed by atoms with van der Waals surface area (Å²) in [6.45, 7) is 3.72. The SMILES string of the molecule is C=COC(C)=O.O=C(O)CCCCCCCCC(=O)O.O=CC(O)C(O)C(O)C(O)CO. The van der Waals surface area contributed by atoms with Crippen molar-refractivity contribution in [1.29, 1.82) is 0 Å².